The molecule has 0 N–H and O–H groups in total. The van der Waals surface area contributed by atoms with Crippen LogP contribution in [0.4, 0.5) is 0 Å². The van der Waals surface area contributed by atoms with Crippen molar-refractivity contribution in [2.75, 3.05) is 0 Å². The topological polar surface area (TPSA) is 30.2 Å². The van der Waals surface area contributed by atoms with Crippen LogP contribution in [0.5, 0.6) is 0 Å². The minimum Gasteiger partial charge on any atom is -0.428 e. The lowest BCUT2D eigenvalue weighted by atomic mass is 10.3. The van der Waals surface area contributed by atoms with E-state index >= 15 is 0 Å². The summed E-state index contributed by atoms with van der Waals surface area (Å²) in [6, 6.07) is 4.41. The van der Waals surface area contributed by atoms with Crippen molar-refractivity contribution < 1.29 is 4.42 Å². The van der Waals surface area contributed by atoms with Gasteiger partial charge in [-0.25, -0.2) is 4.79 Å². The summed E-state index contributed by atoms with van der Waals surface area (Å²) >= 11 is 0. The first-order chi connectivity index (χ1) is 5.87. The summed E-state index contributed by atoms with van der Waals surface area (Å²) < 4.78 is 5.11. The molecule has 0 radical (unpaired) electrons. The normalized spacial score (nSPS) is 11.7. The molecule has 0 fully saturated rings. The van der Waals surface area contributed by atoms with Gasteiger partial charge in [-0.2, -0.15) is 0 Å². The Morgan fingerprint density at radius 1 is 1.31 bits per heavy atom. The van der Waals surface area contributed by atoms with E-state index in [0.717, 1.165) is 17.4 Å². The van der Waals surface area contributed by atoms with E-state index in [9.17, 15) is 4.79 Å². The average molecular weight is 196 g/mol. The summed E-state index contributed by atoms with van der Waals surface area (Å²) in [6.45, 7) is 8.70. The molecule has 0 atom stereocenters. The van der Waals surface area contributed by atoms with E-state index < -0.39 is 8.07 Å². The zero-order valence-electron chi connectivity index (χ0n) is 8.68. The smallest absolute Gasteiger partial charge is 0.336 e. The average Bonchev–Trinajstić information content (AvgIpc) is 1.78. The highest BCUT2D eigenvalue weighted by atomic mass is 28.3. The molecule has 1 rings (SSSR count). The molecule has 0 aromatic carbocycles. The molecule has 72 valence electrons. The first-order valence-electron chi connectivity index (χ1n) is 4.47. The molecule has 0 spiro atoms. The van der Waals surface area contributed by atoms with Crippen LogP contribution in [0.2, 0.25) is 19.6 Å². The van der Waals surface area contributed by atoms with Gasteiger partial charge < -0.3 is 4.42 Å². The highest BCUT2D eigenvalue weighted by Gasteiger charge is 2.15. The van der Waals surface area contributed by atoms with Crippen molar-refractivity contribution in [2.24, 2.45) is 0 Å². The number of rotatable bonds is 2. The molecule has 0 bridgehead atoms. The molecule has 0 unspecified atom stereocenters. The van der Waals surface area contributed by atoms with Gasteiger partial charge in [0.1, 0.15) is 5.76 Å². The second-order valence-corrected chi connectivity index (χ2v) is 10.1. The summed E-state index contributed by atoms with van der Waals surface area (Å²) in [5.74, 6) is 0.837. The molecule has 1 aromatic rings. The Bertz CT molecular complexity index is 347. The Kier molecular flexibility index (Phi) is 2.76. The maximum absolute atomic E-state index is 11.0. The highest BCUT2D eigenvalue weighted by molar-refractivity contribution is 6.75. The first-order valence-corrected chi connectivity index (χ1v) is 8.18. The van der Waals surface area contributed by atoms with Gasteiger partial charge in [-0.05, 0) is 18.6 Å². The molecular formula is C10H16O2Si. The second-order valence-electron chi connectivity index (χ2n) is 4.66. The van der Waals surface area contributed by atoms with Crippen molar-refractivity contribution in [3.8, 4) is 0 Å². The predicted molar refractivity (Wildman–Crippen MR) is 56.8 cm³/mol. The van der Waals surface area contributed by atoms with Crippen LogP contribution < -0.4 is 5.63 Å². The Morgan fingerprint density at radius 3 is 2.38 bits per heavy atom. The van der Waals surface area contributed by atoms with Crippen molar-refractivity contribution in [1.29, 1.82) is 0 Å². The van der Waals surface area contributed by atoms with Crippen LogP contribution in [-0.4, -0.2) is 8.07 Å². The van der Waals surface area contributed by atoms with E-state index in [-0.39, 0.29) is 5.63 Å². The Balaban J connectivity index is 2.96. The van der Waals surface area contributed by atoms with E-state index in [1.165, 1.54) is 6.07 Å². The van der Waals surface area contributed by atoms with Gasteiger partial charge in [0.15, 0.2) is 0 Å². The number of hydrogen-bond donors (Lipinski definition) is 0. The standard InChI is InChI=1S/C10H16O2Si/c1-8-5-9(7-13(2,3)4)12-10(11)6-8/h5-6H,7H2,1-4H3. The van der Waals surface area contributed by atoms with E-state index in [4.69, 9.17) is 4.42 Å². The molecule has 2 nitrogen and oxygen atoms in total. The fraction of sp³-hybridized carbons (Fsp3) is 0.500. The maximum atomic E-state index is 11.0. The highest BCUT2D eigenvalue weighted by Crippen LogP contribution is 2.10. The van der Waals surface area contributed by atoms with Gasteiger partial charge in [0.25, 0.3) is 0 Å². The van der Waals surface area contributed by atoms with Crippen LogP contribution >= 0.6 is 0 Å². The van der Waals surface area contributed by atoms with E-state index in [2.05, 4.69) is 19.6 Å². The minimum absolute atomic E-state index is 0.228. The van der Waals surface area contributed by atoms with Gasteiger partial charge in [0.05, 0.1) is 8.07 Å². The van der Waals surface area contributed by atoms with Gasteiger partial charge in [-0.3, -0.25) is 0 Å². The molecule has 13 heavy (non-hydrogen) atoms. The molecule has 0 aliphatic carbocycles. The molecular weight excluding hydrogens is 180 g/mol. The largest absolute Gasteiger partial charge is 0.428 e. The predicted octanol–water partition coefficient (Wildman–Crippen LogP) is 2.37. The fourth-order valence-corrected chi connectivity index (χ4v) is 2.50. The van der Waals surface area contributed by atoms with E-state index in [1.807, 2.05) is 13.0 Å². The van der Waals surface area contributed by atoms with Crippen LogP contribution in [0.15, 0.2) is 21.3 Å². The van der Waals surface area contributed by atoms with Crippen molar-refractivity contribution in [1.82, 2.24) is 0 Å². The van der Waals surface area contributed by atoms with E-state index in [1.54, 1.807) is 0 Å². The summed E-state index contributed by atoms with van der Waals surface area (Å²) in [5, 5.41) is 0. The SMILES string of the molecule is Cc1cc(C[Si](C)(C)C)oc(=O)c1. The summed E-state index contributed by atoms with van der Waals surface area (Å²) in [7, 11) is -1.18. The van der Waals surface area contributed by atoms with Crippen molar-refractivity contribution in [3.63, 3.8) is 0 Å². The Labute approximate surface area is 79.6 Å². The molecule has 0 saturated carbocycles. The third-order valence-corrected chi connectivity index (χ3v) is 3.08. The first kappa shape index (κ1) is 10.2. The number of aryl methyl sites for hydroxylation is 1. The molecule has 0 aliphatic rings. The third-order valence-electron chi connectivity index (χ3n) is 1.67. The van der Waals surface area contributed by atoms with Gasteiger partial charge >= 0.3 is 5.63 Å². The molecule has 0 saturated heterocycles. The van der Waals surface area contributed by atoms with Crippen molar-refractivity contribution in [3.05, 3.63) is 33.9 Å². The Hall–Kier alpha value is -0.833. The van der Waals surface area contributed by atoms with Crippen LogP contribution in [0.3, 0.4) is 0 Å². The monoisotopic (exact) mass is 196 g/mol. The summed E-state index contributed by atoms with van der Waals surface area (Å²) in [5.41, 5.74) is 0.762. The minimum atomic E-state index is -1.18. The van der Waals surface area contributed by atoms with E-state index in [0.29, 0.717) is 0 Å². The molecule has 1 aromatic heterocycles. The molecule has 1 heterocycles. The van der Waals surface area contributed by atoms with Crippen LogP contribution in [0.1, 0.15) is 11.3 Å². The molecule has 0 amide bonds. The quantitative estimate of drug-likeness (QED) is 0.680. The van der Waals surface area contributed by atoms with Gasteiger partial charge in [0, 0.05) is 12.1 Å². The maximum Gasteiger partial charge on any atom is 0.336 e. The molecule has 3 heteroatoms. The fourth-order valence-electron chi connectivity index (χ4n) is 1.28. The van der Waals surface area contributed by atoms with Gasteiger partial charge in [-0.15, -0.1) is 0 Å². The van der Waals surface area contributed by atoms with Crippen LogP contribution in [0, 0.1) is 6.92 Å². The Morgan fingerprint density at radius 2 is 1.92 bits per heavy atom. The number of hydrogen-bond acceptors (Lipinski definition) is 2. The van der Waals surface area contributed by atoms with Gasteiger partial charge in [-0.1, -0.05) is 19.6 Å². The van der Waals surface area contributed by atoms with Gasteiger partial charge in [0.2, 0.25) is 0 Å². The third kappa shape index (κ3) is 3.59. The lowest BCUT2D eigenvalue weighted by Crippen LogP contribution is -2.24. The molecule has 0 aliphatic heterocycles. The zero-order chi connectivity index (χ0) is 10.1. The summed E-state index contributed by atoms with van der Waals surface area (Å²) in [4.78, 5) is 11.0. The van der Waals surface area contributed by atoms with Crippen LogP contribution in [-0.2, 0) is 6.04 Å². The van der Waals surface area contributed by atoms with Crippen LogP contribution in [0.25, 0.3) is 0 Å². The second kappa shape index (κ2) is 3.50. The van der Waals surface area contributed by atoms with Crippen molar-refractivity contribution in [2.45, 2.75) is 32.6 Å². The summed E-state index contributed by atoms with van der Waals surface area (Å²) in [6.07, 6.45) is 0. The lowest BCUT2D eigenvalue weighted by Gasteiger charge is -2.14. The lowest BCUT2D eigenvalue weighted by molar-refractivity contribution is 0.472. The zero-order valence-corrected chi connectivity index (χ0v) is 9.68. The van der Waals surface area contributed by atoms with Crippen molar-refractivity contribution >= 4 is 8.07 Å².